The predicted molar refractivity (Wildman–Crippen MR) is 65.0 cm³/mol. The van der Waals surface area contributed by atoms with Gasteiger partial charge in [-0.05, 0) is 24.8 Å². The molecule has 2 unspecified atom stereocenters. The standard InChI is InChI=1S/C12H18N4O2/c17-12(10-7-13-4-5-18-10)15-9-3-1-2-8-6-14-16-11(8)9/h6,9-10,13H,1-5,7H2,(H,14,16)(H,15,17). The zero-order valence-corrected chi connectivity index (χ0v) is 10.2. The summed E-state index contributed by atoms with van der Waals surface area (Å²) in [6.45, 7) is 2.00. The highest BCUT2D eigenvalue weighted by Crippen LogP contribution is 2.27. The highest BCUT2D eigenvalue weighted by Gasteiger charge is 2.28. The summed E-state index contributed by atoms with van der Waals surface area (Å²) in [6, 6.07) is 0.0503. The number of carbonyl (C=O) groups excluding carboxylic acids is 1. The maximum Gasteiger partial charge on any atom is 0.250 e. The van der Waals surface area contributed by atoms with E-state index in [-0.39, 0.29) is 18.1 Å². The molecule has 1 fully saturated rings. The number of hydrogen-bond acceptors (Lipinski definition) is 4. The van der Waals surface area contributed by atoms with Gasteiger partial charge in [0.05, 0.1) is 24.5 Å². The van der Waals surface area contributed by atoms with Gasteiger partial charge in [-0.15, -0.1) is 0 Å². The number of ether oxygens (including phenoxy) is 1. The number of carbonyl (C=O) groups is 1. The molecule has 0 bridgehead atoms. The molecule has 1 aliphatic heterocycles. The van der Waals surface area contributed by atoms with Crippen LogP contribution in [-0.2, 0) is 16.0 Å². The smallest absolute Gasteiger partial charge is 0.250 e. The second-order valence-electron chi connectivity index (χ2n) is 4.83. The molecule has 3 N–H and O–H groups in total. The van der Waals surface area contributed by atoms with Crippen molar-refractivity contribution in [2.24, 2.45) is 0 Å². The Bertz CT molecular complexity index is 425. The van der Waals surface area contributed by atoms with Crippen LogP contribution < -0.4 is 10.6 Å². The van der Waals surface area contributed by atoms with E-state index >= 15 is 0 Å². The predicted octanol–water partition coefficient (Wildman–Crippen LogP) is -0.108. The lowest BCUT2D eigenvalue weighted by molar-refractivity contribution is -0.135. The molecule has 0 saturated carbocycles. The molecule has 6 nitrogen and oxygen atoms in total. The molecule has 18 heavy (non-hydrogen) atoms. The normalized spacial score (nSPS) is 27.6. The quantitative estimate of drug-likeness (QED) is 0.684. The average Bonchev–Trinajstić information content (AvgIpc) is 2.89. The number of morpholine rings is 1. The van der Waals surface area contributed by atoms with Crippen LogP contribution in [0, 0.1) is 0 Å². The van der Waals surface area contributed by atoms with Crippen LogP contribution in [0.25, 0.3) is 0 Å². The van der Waals surface area contributed by atoms with Gasteiger partial charge in [0.2, 0.25) is 0 Å². The number of rotatable bonds is 2. The number of nitrogens with zero attached hydrogens (tertiary/aromatic N) is 1. The van der Waals surface area contributed by atoms with E-state index in [2.05, 4.69) is 20.8 Å². The molecule has 6 heteroatoms. The van der Waals surface area contributed by atoms with Crippen LogP contribution in [0.4, 0.5) is 0 Å². The summed E-state index contributed by atoms with van der Waals surface area (Å²) < 4.78 is 5.45. The van der Waals surface area contributed by atoms with Crippen molar-refractivity contribution >= 4 is 5.91 Å². The van der Waals surface area contributed by atoms with Crippen molar-refractivity contribution in [1.82, 2.24) is 20.8 Å². The van der Waals surface area contributed by atoms with Crippen LogP contribution >= 0.6 is 0 Å². The lowest BCUT2D eigenvalue weighted by atomic mass is 9.93. The average molecular weight is 250 g/mol. The first-order valence-electron chi connectivity index (χ1n) is 6.49. The van der Waals surface area contributed by atoms with Gasteiger partial charge in [0.25, 0.3) is 5.91 Å². The van der Waals surface area contributed by atoms with E-state index in [4.69, 9.17) is 4.74 Å². The fourth-order valence-corrected chi connectivity index (χ4v) is 2.61. The number of aromatic amines is 1. The SMILES string of the molecule is O=C(NC1CCCc2cn[nH]c21)C1CNCCO1. The number of aromatic nitrogens is 2. The third-order valence-corrected chi connectivity index (χ3v) is 3.58. The molecule has 1 saturated heterocycles. The lowest BCUT2D eigenvalue weighted by Gasteiger charge is -2.27. The first kappa shape index (κ1) is 11.7. The Morgan fingerprint density at radius 3 is 3.33 bits per heavy atom. The van der Waals surface area contributed by atoms with Gasteiger partial charge in [-0.2, -0.15) is 5.10 Å². The molecule has 1 aliphatic carbocycles. The zero-order chi connectivity index (χ0) is 12.4. The molecule has 1 aromatic heterocycles. The third kappa shape index (κ3) is 2.26. The zero-order valence-electron chi connectivity index (χ0n) is 10.2. The highest BCUT2D eigenvalue weighted by molar-refractivity contribution is 5.81. The molecule has 2 atom stereocenters. The van der Waals surface area contributed by atoms with E-state index < -0.39 is 0 Å². The Kier molecular flexibility index (Phi) is 3.29. The van der Waals surface area contributed by atoms with Crippen LogP contribution in [0.1, 0.15) is 30.1 Å². The van der Waals surface area contributed by atoms with Crippen molar-refractivity contribution < 1.29 is 9.53 Å². The van der Waals surface area contributed by atoms with Gasteiger partial charge in [0.1, 0.15) is 6.10 Å². The molecule has 2 aliphatic rings. The summed E-state index contributed by atoms with van der Waals surface area (Å²) in [5.74, 6) is -0.0327. The lowest BCUT2D eigenvalue weighted by Crippen LogP contribution is -2.48. The third-order valence-electron chi connectivity index (χ3n) is 3.58. The Morgan fingerprint density at radius 1 is 1.56 bits per heavy atom. The van der Waals surface area contributed by atoms with Crippen LogP contribution in [0.15, 0.2) is 6.20 Å². The summed E-state index contributed by atoms with van der Waals surface area (Å²) in [5, 5.41) is 13.3. The van der Waals surface area contributed by atoms with E-state index in [9.17, 15) is 4.79 Å². The molecule has 0 aromatic carbocycles. The Labute approximate surface area is 105 Å². The van der Waals surface area contributed by atoms with Crippen molar-refractivity contribution in [3.63, 3.8) is 0 Å². The van der Waals surface area contributed by atoms with E-state index in [0.717, 1.165) is 31.5 Å². The van der Waals surface area contributed by atoms with Gasteiger partial charge >= 0.3 is 0 Å². The molecular formula is C12H18N4O2. The van der Waals surface area contributed by atoms with Gasteiger partial charge in [-0.1, -0.05) is 0 Å². The van der Waals surface area contributed by atoms with Gasteiger partial charge in [-0.3, -0.25) is 9.89 Å². The second-order valence-corrected chi connectivity index (χ2v) is 4.83. The van der Waals surface area contributed by atoms with Gasteiger partial charge in [-0.25, -0.2) is 0 Å². The fourth-order valence-electron chi connectivity index (χ4n) is 2.61. The maximum atomic E-state index is 12.1. The minimum atomic E-state index is -0.368. The first-order valence-corrected chi connectivity index (χ1v) is 6.49. The van der Waals surface area contributed by atoms with Crippen LogP contribution in [0.3, 0.4) is 0 Å². The Morgan fingerprint density at radius 2 is 2.50 bits per heavy atom. The van der Waals surface area contributed by atoms with Gasteiger partial charge in [0.15, 0.2) is 0 Å². The second kappa shape index (κ2) is 5.07. The summed E-state index contributed by atoms with van der Waals surface area (Å²) in [5.41, 5.74) is 2.27. The number of hydrogen-bond donors (Lipinski definition) is 3. The number of aryl methyl sites for hydroxylation is 1. The van der Waals surface area contributed by atoms with Crippen molar-refractivity contribution in [3.05, 3.63) is 17.5 Å². The maximum absolute atomic E-state index is 12.1. The van der Waals surface area contributed by atoms with Gasteiger partial charge < -0.3 is 15.4 Å². The minimum absolute atomic E-state index is 0.0327. The molecule has 3 rings (SSSR count). The first-order chi connectivity index (χ1) is 8.84. The van der Waals surface area contributed by atoms with Crippen molar-refractivity contribution in [1.29, 1.82) is 0 Å². The Hall–Kier alpha value is -1.40. The Balaban J connectivity index is 1.65. The van der Waals surface area contributed by atoms with Crippen LogP contribution in [0.2, 0.25) is 0 Å². The van der Waals surface area contributed by atoms with Crippen LogP contribution in [-0.4, -0.2) is 41.9 Å². The summed E-state index contributed by atoms with van der Waals surface area (Å²) in [7, 11) is 0. The molecule has 1 aromatic rings. The van der Waals surface area contributed by atoms with E-state index in [1.807, 2.05) is 6.20 Å². The van der Waals surface area contributed by atoms with Crippen molar-refractivity contribution in [3.8, 4) is 0 Å². The number of H-pyrrole nitrogens is 1. The molecule has 0 radical (unpaired) electrons. The van der Waals surface area contributed by atoms with Gasteiger partial charge in [0, 0.05) is 13.1 Å². The summed E-state index contributed by atoms with van der Waals surface area (Å²) in [6.07, 6.45) is 4.57. The minimum Gasteiger partial charge on any atom is -0.366 e. The van der Waals surface area contributed by atoms with Crippen LogP contribution in [0.5, 0.6) is 0 Å². The summed E-state index contributed by atoms with van der Waals surface area (Å²) in [4.78, 5) is 12.1. The topological polar surface area (TPSA) is 79.0 Å². The van der Waals surface area contributed by atoms with Crippen molar-refractivity contribution in [2.75, 3.05) is 19.7 Å². The molecule has 0 spiro atoms. The summed E-state index contributed by atoms with van der Waals surface area (Å²) >= 11 is 0. The van der Waals surface area contributed by atoms with E-state index in [1.54, 1.807) is 0 Å². The molecule has 1 amide bonds. The monoisotopic (exact) mass is 250 g/mol. The molecule has 2 heterocycles. The number of amides is 1. The largest absolute Gasteiger partial charge is 0.366 e. The van der Waals surface area contributed by atoms with E-state index in [1.165, 1.54) is 5.56 Å². The van der Waals surface area contributed by atoms with Crippen molar-refractivity contribution in [2.45, 2.75) is 31.4 Å². The molecule has 98 valence electrons. The fraction of sp³-hybridized carbons (Fsp3) is 0.667. The number of fused-ring (bicyclic) bond motifs is 1. The van der Waals surface area contributed by atoms with E-state index in [0.29, 0.717) is 13.2 Å². The number of nitrogens with one attached hydrogen (secondary N) is 3. The molecular weight excluding hydrogens is 232 g/mol. The highest BCUT2D eigenvalue weighted by atomic mass is 16.5.